The van der Waals surface area contributed by atoms with Crippen LogP contribution in [-0.2, 0) is 0 Å². The Kier molecular flexibility index (Phi) is 2.89. The van der Waals surface area contributed by atoms with Gasteiger partial charge >= 0.3 is 12.0 Å². The van der Waals surface area contributed by atoms with Gasteiger partial charge in [-0.3, -0.25) is 0 Å². The average molecular weight is 260 g/mol. The highest BCUT2D eigenvalue weighted by Gasteiger charge is 2.40. The number of piperidine rings is 1. The number of aromatic carboxylic acids is 1. The third-order valence-electron chi connectivity index (χ3n) is 4.07. The van der Waals surface area contributed by atoms with Gasteiger partial charge in [0, 0.05) is 12.6 Å². The molecule has 1 aliphatic carbocycles. The number of carboxylic acids is 1. The zero-order valence-corrected chi connectivity index (χ0v) is 10.5. The van der Waals surface area contributed by atoms with Crippen LogP contribution in [0, 0.1) is 5.92 Å². The topological polar surface area (TPSA) is 69.6 Å². The predicted molar refractivity (Wildman–Crippen MR) is 70.3 cm³/mol. The van der Waals surface area contributed by atoms with Crippen LogP contribution in [0.2, 0.25) is 0 Å². The molecule has 1 saturated heterocycles. The summed E-state index contributed by atoms with van der Waals surface area (Å²) in [4.78, 5) is 25.1. The standard InChI is InChI=1S/C14H16N2O3/c17-13(18)11-3-1-2-4-12(11)15-14(19)16-8-9-5-6-10(16)7-9/h1-4,9-10H,5-8H2,(H,15,19)(H,17,18). The van der Waals surface area contributed by atoms with E-state index in [9.17, 15) is 9.59 Å². The fourth-order valence-electron chi connectivity index (χ4n) is 3.14. The minimum Gasteiger partial charge on any atom is -0.478 e. The van der Waals surface area contributed by atoms with Gasteiger partial charge in [0.05, 0.1) is 11.3 Å². The molecular formula is C14H16N2O3. The second-order valence-corrected chi connectivity index (χ2v) is 5.27. The fourth-order valence-corrected chi connectivity index (χ4v) is 3.14. The highest BCUT2D eigenvalue weighted by atomic mass is 16.4. The molecule has 2 fully saturated rings. The maximum Gasteiger partial charge on any atom is 0.337 e. The van der Waals surface area contributed by atoms with Crippen molar-refractivity contribution in [2.45, 2.75) is 25.3 Å². The Hall–Kier alpha value is -2.04. The van der Waals surface area contributed by atoms with E-state index < -0.39 is 5.97 Å². The van der Waals surface area contributed by atoms with Gasteiger partial charge in [0.2, 0.25) is 0 Å². The van der Waals surface area contributed by atoms with E-state index in [-0.39, 0.29) is 11.6 Å². The third-order valence-corrected chi connectivity index (χ3v) is 4.07. The molecule has 100 valence electrons. The largest absolute Gasteiger partial charge is 0.478 e. The van der Waals surface area contributed by atoms with Crippen molar-refractivity contribution >= 4 is 17.7 Å². The Morgan fingerprint density at radius 1 is 1.26 bits per heavy atom. The number of amides is 2. The molecule has 2 N–H and O–H groups in total. The quantitative estimate of drug-likeness (QED) is 0.857. The third kappa shape index (κ3) is 2.16. The molecule has 2 amide bonds. The smallest absolute Gasteiger partial charge is 0.337 e. The first-order chi connectivity index (χ1) is 9.15. The van der Waals surface area contributed by atoms with Crippen molar-refractivity contribution < 1.29 is 14.7 Å². The zero-order valence-electron chi connectivity index (χ0n) is 10.5. The zero-order chi connectivity index (χ0) is 13.4. The number of para-hydroxylation sites is 1. The minimum atomic E-state index is -1.03. The summed E-state index contributed by atoms with van der Waals surface area (Å²) in [5.74, 6) is -0.399. The molecule has 1 saturated carbocycles. The van der Waals surface area contributed by atoms with E-state index in [0.29, 0.717) is 17.6 Å². The summed E-state index contributed by atoms with van der Waals surface area (Å²) in [5.41, 5.74) is 0.489. The molecule has 1 heterocycles. The molecule has 1 aromatic carbocycles. The Morgan fingerprint density at radius 3 is 2.68 bits per heavy atom. The molecule has 1 aliphatic heterocycles. The van der Waals surface area contributed by atoms with E-state index in [2.05, 4.69) is 5.32 Å². The molecular weight excluding hydrogens is 244 g/mol. The summed E-state index contributed by atoms with van der Waals surface area (Å²) in [7, 11) is 0. The molecule has 0 spiro atoms. The van der Waals surface area contributed by atoms with Crippen LogP contribution < -0.4 is 5.32 Å². The Morgan fingerprint density at radius 2 is 2.05 bits per heavy atom. The molecule has 19 heavy (non-hydrogen) atoms. The number of likely N-dealkylation sites (tertiary alicyclic amines) is 1. The van der Waals surface area contributed by atoms with E-state index in [4.69, 9.17) is 5.11 Å². The molecule has 5 heteroatoms. The fraction of sp³-hybridized carbons (Fsp3) is 0.429. The monoisotopic (exact) mass is 260 g/mol. The van der Waals surface area contributed by atoms with Crippen molar-refractivity contribution in [3.05, 3.63) is 29.8 Å². The summed E-state index contributed by atoms with van der Waals surface area (Å²) in [6.45, 7) is 0.797. The summed E-state index contributed by atoms with van der Waals surface area (Å²) in [6, 6.07) is 6.64. The lowest BCUT2D eigenvalue weighted by molar-refractivity contribution is 0.0698. The Labute approximate surface area is 111 Å². The van der Waals surface area contributed by atoms with Crippen LogP contribution >= 0.6 is 0 Å². The maximum atomic E-state index is 12.2. The summed E-state index contributed by atoms with van der Waals surface area (Å²) in [5, 5.41) is 11.8. The molecule has 2 bridgehead atoms. The van der Waals surface area contributed by atoms with Crippen molar-refractivity contribution in [2.24, 2.45) is 5.92 Å². The molecule has 5 nitrogen and oxygen atoms in total. The van der Waals surface area contributed by atoms with E-state index in [0.717, 1.165) is 19.4 Å². The first-order valence-corrected chi connectivity index (χ1v) is 6.55. The number of nitrogens with zero attached hydrogens (tertiary/aromatic N) is 1. The molecule has 0 radical (unpaired) electrons. The number of anilines is 1. The number of carbonyl (C=O) groups excluding carboxylic acids is 1. The molecule has 0 aromatic heterocycles. The van der Waals surface area contributed by atoms with Crippen LogP contribution in [0.1, 0.15) is 29.6 Å². The molecule has 2 unspecified atom stereocenters. The van der Waals surface area contributed by atoms with Gasteiger partial charge in [-0.15, -0.1) is 0 Å². The lowest BCUT2D eigenvalue weighted by Gasteiger charge is -2.27. The lowest BCUT2D eigenvalue weighted by atomic mass is 10.1. The lowest BCUT2D eigenvalue weighted by Crippen LogP contribution is -2.40. The Balaban J connectivity index is 1.75. The second-order valence-electron chi connectivity index (χ2n) is 5.27. The average Bonchev–Trinajstić information content (AvgIpc) is 3.01. The van der Waals surface area contributed by atoms with Gasteiger partial charge in [0.1, 0.15) is 0 Å². The van der Waals surface area contributed by atoms with Crippen LogP contribution in [0.4, 0.5) is 10.5 Å². The summed E-state index contributed by atoms with van der Waals surface area (Å²) >= 11 is 0. The van der Waals surface area contributed by atoms with Gasteiger partial charge in [0.25, 0.3) is 0 Å². The number of nitrogens with one attached hydrogen (secondary N) is 1. The van der Waals surface area contributed by atoms with Gasteiger partial charge < -0.3 is 15.3 Å². The summed E-state index contributed by atoms with van der Waals surface area (Å²) < 4.78 is 0. The molecule has 2 aliphatic rings. The maximum absolute atomic E-state index is 12.2. The van der Waals surface area contributed by atoms with Gasteiger partial charge in [-0.2, -0.15) is 0 Å². The van der Waals surface area contributed by atoms with Crippen molar-refractivity contribution in [2.75, 3.05) is 11.9 Å². The number of fused-ring (bicyclic) bond motifs is 2. The highest BCUT2D eigenvalue weighted by Crippen LogP contribution is 2.37. The van der Waals surface area contributed by atoms with Crippen molar-refractivity contribution in [1.29, 1.82) is 0 Å². The number of benzene rings is 1. The van der Waals surface area contributed by atoms with E-state index in [1.54, 1.807) is 18.2 Å². The molecule has 3 rings (SSSR count). The number of carbonyl (C=O) groups is 2. The van der Waals surface area contributed by atoms with Crippen molar-refractivity contribution in [3.8, 4) is 0 Å². The molecule has 2 atom stereocenters. The van der Waals surface area contributed by atoms with Crippen molar-refractivity contribution in [3.63, 3.8) is 0 Å². The van der Waals surface area contributed by atoms with Crippen LogP contribution in [0.15, 0.2) is 24.3 Å². The van der Waals surface area contributed by atoms with Gasteiger partial charge in [0.15, 0.2) is 0 Å². The Bertz CT molecular complexity index is 529. The van der Waals surface area contributed by atoms with E-state index in [1.807, 2.05) is 4.90 Å². The van der Waals surface area contributed by atoms with Crippen LogP contribution in [0.5, 0.6) is 0 Å². The van der Waals surface area contributed by atoms with Crippen molar-refractivity contribution in [1.82, 2.24) is 4.90 Å². The number of rotatable bonds is 2. The summed E-state index contributed by atoms with van der Waals surface area (Å²) in [6.07, 6.45) is 3.37. The number of hydrogen-bond acceptors (Lipinski definition) is 2. The second kappa shape index (κ2) is 4.57. The first-order valence-electron chi connectivity index (χ1n) is 6.55. The predicted octanol–water partition coefficient (Wildman–Crippen LogP) is 2.40. The number of hydrogen-bond donors (Lipinski definition) is 2. The van der Waals surface area contributed by atoms with Gasteiger partial charge in [-0.1, -0.05) is 12.1 Å². The minimum absolute atomic E-state index is 0.125. The number of carboxylic acid groups (broad SMARTS) is 1. The van der Waals surface area contributed by atoms with Crippen LogP contribution in [-0.4, -0.2) is 34.6 Å². The first kappa shape index (κ1) is 12.0. The van der Waals surface area contributed by atoms with E-state index in [1.165, 1.54) is 12.5 Å². The molecule has 1 aromatic rings. The number of urea groups is 1. The van der Waals surface area contributed by atoms with Crippen LogP contribution in [0.25, 0.3) is 0 Å². The van der Waals surface area contributed by atoms with E-state index >= 15 is 0 Å². The van der Waals surface area contributed by atoms with Gasteiger partial charge in [-0.05, 0) is 37.3 Å². The van der Waals surface area contributed by atoms with Crippen LogP contribution in [0.3, 0.4) is 0 Å². The normalized spacial score (nSPS) is 24.5. The SMILES string of the molecule is O=C(O)c1ccccc1NC(=O)N1CC2CCC1C2. The van der Waals surface area contributed by atoms with Gasteiger partial charge in [-0.25, -0.2) is 9.59 Å². The highest BCUT2D eigenvalue weighted by molar-refractivity contribution is 6.00.